The van der Waals surface area contributed by atoms with Crippen LogP contribution >= 0.6 is 0 Å². The lowest BCUT2D eigenvalue weighted by atomic mass is 9.94. The normalized spacial score (nSPS) is 34.6. The van der Waals surface area contributed by atoms with Crippen molar-refractivity contribution in [3.63, 3.8) is 0 Å². The van der Waals surface area contributed by atoms with E-state index in [4.69, 9.17) is 22.9 Å². The van der Waals surface area contributed by atoms with E-state index < -0.39 is 0 Å². The molecule has 5 atom stereocenters. The van der Waals surface area contributed by atoms with Crippen molar-refractivity contribution in [2.45, 2.75) is 157 Å². The maximum atomic E-state index is 6.00. The third kappa shape index (κ3) is 13.2. The summed E-state index contributed by atoms with van der Waals surface area (Å²) in [7, 11) is 0. The van der Waals surface area contributed by atoms with Crippen LogP contribution in [0.5, 0.6) is 0 Å². The van der Waals surface area contributed by atoms with E-state index in [0.29, 0.717) is 5.92 Å². The number of allylic oxidation sites excluding steroid dienone is 2. The summed E-state index contributed by atoms with van der Waals surface area (Å²) in [6, 6.07) is 0. The van der Waals surface area contributed by atoms with E-state index in [-0.39, 0.29) is 37.0 Å². The molecule has 5 unspecified atom stereocenters. The summed E-state index contributed by atoms with van der Waals surface area (Å²) in [4.78, 5) is 4.25. The molecule has 0 fully saturated rings. The highest BCUT2D eigenvalue weighted by molar-refractivity contribution is 5.84. The highest BCUT2D eigenvalue weighted by atomic mass is 14.9. The van der Waals surface area contributed by atoms with Gasteiger partial charge in [0, 0.05) is 34.3 Å². The highest BCUT2D eigenvalue weighted by Gasteiger charge is 2.28. The van der Waals surface area contributed by atoms with Crippen LogP contribution in [0.15, 0.2) is 40.4 Å². The Morgan fingerprint density at radius 3 is 1.61 bits per heavy atom. The lowest BCUT2D eigenvalue weighted by Gasteiger charge is -2.21. The molecular formula is C33H67N5. The van der Waals surface area contributed by atoms with Gasteiger partial charge >= 0.3 is 0 Å². The van der Waals surface area contributed by atoms with Crippen LogP contribution in [-0.2, 0) is 0 Å². The molecule has 0 aromatic heterocycles. The first-order valence-corrected chi connectivity index (χ1v) is 14.3. The van der Waals surface area contributed by atoms with Gasteiger partial charge in [-0.15, -0.1) is 0 Å². The predicted molar refractivity (Wildman–Crippen MR) is 174 cm³/mol. The molecule has 1 aliphatic heterocycles. The second kappa shape index (κ2) is 16.7. The van der Waals surface area contributed by atoms with Gasteiger partial charge in [0.1, 0.15) is 0 Å². The zero-order chi connectivity index (χ0) is 27.6. The maximum Gasteiger partial charge on any atom is 0.0572 e. The summed E-state index contributed by atoms with van der Waals surface area (Å²) < 4.78 is 0. The Kier molecular flexibility index (Phi) is 17.1. The van der Waals surface area contributed by atoms with E-state index in [0.717, 1.165) is 64.3 Å². The molecule has 4 rings (SSSR count). The van der Waals surface area contributed by atoms with E-state index in [1.54, 1.807) is 0 Å². The van der Waals surface area contributed by atoms with Crippen molar-refractivity contribution in [2.24, 2.45) is 33.8 Å². The number of hydrogen-bond donors (Lipinski definition) is 4. The van der Waals surface area contributed by atoms with Crippen LogP contribution in [0.1, 0.15) is 134 Å². The second-order valence-electron chi connectivity index (χ2n) is 12.3. The van der Waals surface area contributed by atoms with E-state index >= 15 is 0 Å². The van der Waals surface area contributed by atoms with Crippen LogP contribution in [-0.4, -0.2) is 34.4 Å². The lowest BCUT2D eigenvalue weighted by molar-refractivity contribution is 0.435. The average Bonchev–Trinajstić information content (AvgIpc) is 3.58. The third-order valence-corrected chi connectivity index (χ3v) is 8.46. The summed E-state index contributed by atoms with van der Waals surface area (Å²) in [5.41, 5.74) is 28.2. The Balaban J connectivity index is 0. The van der Waals surface area contributed by atoms with Crippen LogP contribution in [0, 0.1) is 5.92 Å². The van der Waals surface area contributed by atoms with Crippen molar-refractivity contribution in [3.05, 3.63) is 35.5 Å². The molecule has 0 amide bonds. The van der Waals surface area contributed by atoms with Crippen LogP contribution < -0.4 is 22.9 Å². The average molecular weight is 534 g/mol. The Morgan fingerprint density at radius 2 is 1.39 bits per heavy atom. The first kappa shape index (κ1) is 38.9. The van der Waals surface area contributed by atoms with Crippen molar-refractivity contribution in [3.8, 4) is 0 Å². The van der Waals surface area contributed by atoms with Crippen LogP contribution in [0.25, 0.3) is 0 Å². The first-order valence-electron chi connectivity index (χ1n) is 14.3. The molecule has 3 aliphatic carbocycles. The Labute approximate surface area is 238 Å². The summed E-state index contributed by atoms with van der Waals surface area (Å²) in [5, 5.41) is 0. The minimum absolute atomic E-state index is 0. The minimum Gasteiger partial charge on any atom is -0.325 e. The third-order valence-electron chi connectivity index (χ3n) is 8.46. The number of hydrogen-bond acceptors (Lipinski definition) is 5. The predicted octanol–water partition coefficient (Wildman–Crippen LogP) is 7.59. The largest absolute Gasteiger partial charge is 0.325 e. The molecule has 0 aromatic rings. The number of nitrogens with two attached hydrogens (primary N) is 4. The smallest absolute Gasteiger partial charge is 0.0572 e. The molecule has 5 nitrogen and oxygen atoms in total. The van der Waals surface area contributed by atoms with Crippen molar-refractivity contribution in [1.82, 2.24) is 0 Å². The van der Waals surface area contributed by atoms with Crippen LogP contribution in [0.4, 0.5) is 0 Å². The zero-order valence-electron chi connectivity index (χ0n) is 24.9. The summed E-state index contributed by atoms with van der Waals surface area (Å²) in [6.07, 6.45) is 19.7. The van der Waals surface area contributed by atoms with Crippen molar-refractivity contribution in [1.29, 1.82) is 0 Å². The van der Waals surface area contributed by atoms with Gasteiger partial charge in [0.2, 0.25) is 0 Å². The van der Waals surface area contributed by atoms with Gasteiger partial charge in [-0.2, -0.15) is 0 Å². The van der Waals surface area contributed by atoms with Crippen molar-refractivity contribution in [2.75, 3.05) is 6.54 Å². The van der Waals surface area contributed by atoms with E-state index in [1.807, 2.05) is 6.92 Å². The molecule has 0 spiro atoms. The summed E-state index contributed by atoms with van der Waals surface area (Å²) in [6.45, 7) is 18.0. The molecule has 0 saturated heterocycles. The van der Waals surface area contributed by atoms with Crippen molar-refractivity contribution < 1.29 is 0 Å². The topological polar surface area (TPSA) is 116 Å². The van der Waals surface area contributed by atoms with E-state index in [9.17, 15) is 0 Å². The molecule has 0 aromatic carbocycles. The molecule has 5 heteroatoms. The van der Waals surface area contributed by atoms with E-state index in [2.05, 4.69) is 77.8 Å². The molecule has 1 heterocycles. The number of aliphatic imine (C=N–C) groups is 1. The van der Waals surface area contributed by atoms with Gasteiger partial charge in [0.05, 0.1) is 6.54 Å². The monoisotopic (exact) mass is 534 g/mol. The molecule has 38 heavy (non-hydrogen) atoms. The quantitative estimate of drug-likeness (QED) is 0.278. The summed E-state index contributed by atoms with van der Waals surface area (Å²) >= 11 is 0. The fourth-order valence-electron chi connectivity index (χ4n) is 5.19. The molecule has 224 valence electrons. The molecular weight excluding hydrogens is 466 g/mol. The molecule has 0 radical (unpaired) electrons. The van der Waals surface area contributed by atoms with Crippen LogP contribution in [0.2, 0.25) is 0 Å². The highest BCUT2D eigenvalue weighted by Crippen LogP contribution is 2.29. The molecule has 0 saturated carbocycles. The summed E-state index contributed by atoms with van der Waals surface area (Å²) in [5.74, 6) is 0.690. The minimum atomic E-state index is 0. The molecule has 8 N–H and O–H groups in total. The van der Waals surface area contributed by atoms with Gasteiger partial charge in [-0.25, -0.2) is 0 Å². The van der Waals surface area contributed by atoms with Gasteiger partial charge < -0.3 is 22.9 Å². The van der Waals surface area contributed by atoms with E-state index in [1.165, 1.54) is 23.3 Å². The lowest BCUT2D eigenvalue weighted by Crippen LogP contribution is -2.40. The Morgan fingerprint density at radius 1 is 0.816 bits per heavy atom. The Hall–Kier alpha value is -1.27. The molecule has 0 bridgehead atoms. The Bertz CT molecular complexity index is 778. The fourth-order valence-corrected chi connectivity index (χ4v) is 5.19. The SMILES string of the molecule is C.C.CCC1(N)C=C(C)CC1.CCC1(N)C=CC(C)C1.CCC1(N)CC=C(C)C1.CCC1(N)CN=C(C)C1. The standard InChI is InChI=1S/3C8H15N.C7H14N2.2CH4/c3*1-3-8(9)5-4-7(2)6-8;1-3-7(8)4-6(2)9-5-7;;/h6H,3-5,9H2,1-2H3;4H,3,5-6,9H2,1-2H3;4-5,7H,3,6,9H2,1-2H3;3-5,8H2,1-2H3;2*1H4. The van der Waals surface area contributed by atoms with Crippen LogP contribution in [0.3, 0.4) is 0 Å². The van der Waals surface area contributed by atoms with Gasteiger partial charge in [-0.1, -0.05) is 84.9 Å². The van der Waals surface area contributed by atoms with Gasteiger partial charge in [-0.05, 0) is 84.5 Å². The van der Waals surface area contributed by atoms with Gasteiger partial charge in [-0.3, -0.25) is 4.99 Å². The second-order valence-corrected chi connectivity index (χ2v) is 12.3. The van der Waals surface area contributed by atoms with Crippen molar-refractivity contribution >= 4 is 5.71 Å². The number of nitrogens with zero attached hydrogens (tertiary/aromatic N) is 1. The zero-order valence-corrected chi connectivity index (χ0v) is 24.9. The van der Waals surface area contributed by atoms with Gasteiger partial charge in [0.15, 0.2) is 0 Å². The maximum absolute atomic E-state index is 6.00. The van der Waals surface area contributed by atoms with Gasteiger partial charge in [0.25, 0.3) is 0 Å². The number of rotatable bonds is 4. The molecule has 4 aliphatic rings. The first-order chi connectivity index (χ1) is 16.6. The fraction of sp³-hybridized carbons (Fsp3) is 0.788.